The summed E-state index contributed by atoms with van der Waals surface area (Å²) in [6.45, 7) is 10.8. The SMILES string of the molecule is COC(=O)C(CCNC(=O)c1ccc(-c2cc3ccccc3o2)cc1)(CO[SiH](C)C)C(C)(C)C. The molecule has 0 aliphatic rings. The van der Waals surface area contributed by atoms with E-state index in [1.807, 2.05) is 63.2 Å². The third kappa shape index (κ3) is 5.59. The van der Waals surface area contributed by atoms with E-state index in [-0.39, 0.29) is 18.5 Å². The van der Waals surface area contributed by atoms with Crippen LogP contribution in [0.3, 0.4) is 0 Å². The van der Waals surface area contributed by atoms with Crippen LogP contribution in [0.2, 0.25) is 13.1 Å². The Labute approximate surface area is 203 Å². The van der Waals surface area contributed by atoms with E-state index in [2.05, 4.69) is 18.4 Å². The summed E-state index contributed by atoms with van der Waals surface area (Å²) in [6.07, 6.45) is 0.424. The molecule has 0 saturated carbocycles. The third-order valence-electron chi connectivity index (χ3n) is 6.37. The number of nitrogens with one attached hydrogen (secondary N) is 1. The van der Waals surface area contributed by atoms with E-state index in [0.29, 0.717) is 18.5 Å². The monoisotopic (exact) mass is 481 g/mol. The highest BCUT2D eigenvalue weighted by atomic mass is 28.3. The summed E-state index contributed by atoms with van der Waals surface area (Å²) in [5.41, 5.74) is 1.03. The molecule has 182 valence electrons. The molecular weight excluding hydrogens is 446 g/mol. The number of benzene rings is 2. The standard InChI is InChI=1S/C27H35NO5Si/c1-26(2,3)27(25(30)31-4,18-32-34(5)6)15-16-28-24(29)20-13-11-19(12-14-20)23-17-21-9-7-8-10-22(21)33-23/h7-14,17,34H,15-16,18H2,1-6H3,(H,28,29). The van der Waals surface area contributed by atoms with Crippen LogP contribution in [0, 0.1) is 10.8 Å². The lowest BCUT2D eigenvalue weighted by Gasteiger charge is -2.42. The van der Waals surface area contributed by atoms with E-state index in [4.69, 9.17) is 13.6 Å². The first-order valence-electron chi connectivity index (χ1n) is 11.6. The van der Waals surface area contributed by atoms with Gasteiger partial charge in [0.2, 0.25) is 0 Å². The highest BCUT2D eigenvalue weighted by Crippen LogP contribution is 2.43. The molecule has 0 spiro atoms. The fourth-order valence-electron chi connectivity index (χ4n) is 4.04. The molecule has 0 bridgehead atoms. The number of carbonyl (C=O) groups excluding carboxylic acids is 2. The number of amides is 1. The summed E-state index contributed by atoms with van der Waals surface area (Å²) in [6, 6.07) is 17.2. The Morgan fingerprint density at radius 2 is 1.71 bits per heavy atom. The summed E-state index contributed by atoms with van der Waals surface area (Å²) >= 11 is 0. The second kappa shape index (κ2) is 10.6. The van der Waals surface area contributed by atoms with Crippen LogP contribution in [0.15, 0.2) is 59.0 Å². The van der Waals surface area contributed by atoms with Gasteiger partial charge in [0.25, 0.3) is 5.91 Å². The highest BCUT2D eigenvalue weighted by Gasteiger charge is 2.49. The molecule has 7 heteroatoms. The Morgan fingerprint density at radius 1 is 1.03 bits per heavy atom. The van der Waals surface area contributed by atoms with Gasteiger partial charge in [0.05, 0.1) is 19.1 Å². The van der Waals surface area contributed by atoms with Crippen LogP contribution in [-0.2, 0) is 14.0 Å². The molecule has 3 rings (SSSR count). The molecule has 1 N–H and O–H groups in total. The summed E-state index contributed by atoms with van der Waals surface area (Å²) in [7, 11) is 0.0593. The number of hydrogen-bond donors (Lipinski definition) is 1. The fraction of sp³-hybridized carbons (Fsp3) is 0.407. The van der Waals surface area contributed by atoms with Crippen LogP contribution in [0.5, 0.6) is 0 Å². The van der Waals surface area contributed by atoms with Crippen molar-refractivity contribution in [3.63, 3.8) is 0 Å². The van der Waals surface area contributed by atoms with Gasteiger partial charge in [0.1, 0.15) is 11.3 Å². The quantitative estimate of drug-likeness (QED) is 0.326. The van der Waals surface area contributed by atoms with Gasteiger partial charge in [-0.1, -0.05) is 51.1 Å². The zero-order valence-corrected chi connectivity index (χ0v) is 22.1. The molecule has 0 saturated heterocycles. The average Bonchev–Trinajstić information content (AvgIpc) is 3.24. The van der Waals surface area contributed by atoms with Gasteiger partial charge in [0.15, 0.2) is 9.04 Å². The molecule has 0 radical (unpaired) electrons. The van der Waals surface area contributed by atoms with Crippen molar-refractivity contribution in [2.45, 2.75) is 40.3 Å². The minimum absolute atomic E-state index is 0.192. The van der Waals surface area contributed by atoms with Gasteiger partial charge < -0.3 is 18.9 Å². The molecular formula is C27H35NO5Si. The van der Waals surface area contributed by atoms with Gasteiger partial charge in [-0.15, -0.1) is 0 Å². The Bertz CT molecular complexity index is 1100. The molecule has 1 atom stereocenters. The van der Waals surface area contributed by atoms with Crippen molar-refractivity contribution in [2.75, 3.05) is 20.3 Å². The van der Waals surface area contributed by atoms with Crippen LogP contribution in [-0.4, -0.2) is 41.2 Å². The minimum atomic E-state index is -1.34. The lowest BCUT2D eigenvalue weighted by atomic mass is 9.65. The van der Waals surface area contributed by atoms with Gasteiger partial charge in [-0.05, 0) is 49.2 Å². The smallest absolute Gasteiger partial charge is 0.314 e. The van der Waals surface area contributed by atoms with E-state index in [0.717, 1.165) is 22.3 Å². The van der Waals surface area contributed by atoms with Crippen molar-refractivity contribution >= 4 is 31.9 Å². The number of carbonyl (C=O) groups is 2. The molecule has 2 aromatic carbocycles. The molecule has 1 unspecified atom stereocenters. The number of furan rings is 1. The van der Waals surface area contributed by atoms with Crippen molar-refractivity contribution < 1.29 is 23.2 Å². The molecule has 0 aliphatic heterocycles. The number of fused-ring (bicyclic) bond motifs is 1. The van der Waals surface area contributed by atoms with Crippen molar-refractivity contribution in [3.05, 3.63) is 60.2 Å². The van der Waals surface area contributed by atoms with Crippen LogP contribution >= 0.6 is 0 Å². The maximum absolute atomic E-state index is 12.9. The van der Waals surface area contributed by atoms with Gasteiger partial charge in [-0.2, -0.15) is 0 Å². The molecule has 34 heavy (non-hydrogen) atoms. The van der Waals surface area contributed by atoms with E-state index >= 15 is 0 Å². The normalized spacial score (nSPS) is 13.6. The first-order chi connectivity index (χ1) is 16.1. The van der Waals surface area contributed by atoms with E-state index in [9.17, 15) is 9.59 Å². The van der Waals surface area contributed by atoms with Gasteiger partial charge in [0, 0.05) is 23.1 Å². The largest absolute Gasteiger partial charge is 0.469 e. The second-order valence-electron chi connectivity index (χ2n) is 9.92. The predicted molar refractivity (Wildman–Crippen MR) is 137 cm³/mol. The zero-order valence-electron chi connectivity index (χ0n) is 20.9. The summed E-state index contributed by atoms with van der Waals surface area (Å²) in [5, 5.41) is 4.00. The Hall–Kier alpha value is -2.90. The lowest BCUT2D eigenvalue weighted by Crippen LogP contribution is -2.50. The van der Waals surface area contributed by atoms with Crippen LogP contribution in [0.1, 0.15) is 37.6 Å². The fourth-order valence-corrected chi connectivity index (χ4v) is 4.65. The van der Waals surface area contributed by atoms with Gasteiger partial charge in [-0.3, -0.25) is 9.59 Å². The van der Waals surface area contributed by atoms with Crippen molar-refractivity contribution in [2.24, 2.45) is 10.8 Å². The molecule has 3 aromatic rings. The number of ether oxygens (including phenoxy) is 1. The number of rotatable bonds is 9. The minimum Gasteiger partial charge on any atom is -0.469 e. The highest BCUT2D eigenvalue weighted by molar-refractivity contribution is 6.48. The first kappa shape index (κ1) is 25.7. The molecule has 6 nitrogen and oxygen atoms in total. The maximum Gasteiger partial charge on any atom is 0.314 e. The average molecular weight is 482 g/mol. The Balaban J connectivity index is 1.68. The van der Waals surface area contributed by atoms with E-state index in [1.165, 1.54) is 7.11 Å². The molecule has 0 aliphatic carbocycles. The first-order valence-corrected chi connectivity index (χ1v) is 14.4. The number of para-hydroxylation sites is 1. The Kier molecular flexibility index (Phi) is 7.99. The summed E-state index contributed by atoms with van der Waals surface area (Å²) in [5.74, 6) is 0.261. The van der Waals surface area contributed by atoms with Crippen molar-refractivity contribution in [1.29, 1.82) is 0 Å². The number of hydrogen-bond acceptors (Lipinski definition) is 5. The van der Waals surface area contributed by atoms with Gasteiger partial charge >= 0.3 is 5.97 Å². The van der Waals surface area contributed by atoms with Gasteiger partial charge in [-0.25, -0.2) is 0 Å². The van der Waals surface area contributed by atoms with Crippen molar-refractivity contribution in [3.8, 4) is 11.3 Å². The number of esters is 1. The second-order valence-corrected chi connectivity index (χ2v) is 12.3. The summed E-state index contributed by atoms with van der Waals surface area (Å²) < 4.78 is 17.1. The van der Waals surface area contributed by atoms with Crippen LogP contribution in [0.4, 0.5) is 0 Å². The van der Waals surface area contributed by atoms with Crippen LogP contribution in [0.25, 0.3) is 22.3 Å². The number of methoxy groups -OCH3 is 1. The predicted octanol–water partition coefficient (Wildman–Crippen LogP) is 5.43. The van der Waals surface area contributed by atoms with E-state index in [1.54, 1.807) is 12.1 Å². The van der Waals surface area contributed by atoms with Crippen LogP contribution < -0.4 is 5.32 Å². The molecule has 0 fully saturated rings. The zero-order chi connectivity index (χ0) is 24.9. The molecule has 1 amide bonds. The summed E-state index contributed by atoms with van der Waals surface area (Å²) in [4.78, 5) is 25.7. The molecule has 1 aromatic heterocycles. The molecule has 1 heterocycles. The topological polar surface area (TPSA) is 77.8 Å². The Morgan fingerprint density at radius 3 is 2.29 bits per heavy atom. The third-order valence-corrected chi connectivity index (χ3v) is 7.20. The van der Waals surface area contributed by atoms with E-state index < -0.39 is 19.9 Å². The van der Waals surface area contributed by atoms with Crippen molar-refractivity contribution in [1.82, 2.24) is 5.32 Å². The lowest BCUT2D eigenvalue weighted by molar-refractivity contribution is -0.164. The maximum atomic E-state index is 12.9.